The van der Waals surface area contributed by atoms with Gasteiger partial charge in [-0.25, -0.2) is 4.98 Å². The number of nitrogens with zero attached hydrogens (tertiary/aromatic N) is 1. The van der Waals surface area contributed by atoms with Crippen LogP contribution in [0.5, 0.6) is 11.6 Å². The average Bonchev–Trinajstić information content (AvgIpc) is 3.22. The van der Waals surface area contributed by atoms with E-state index in [2.05, 4.69) is 4.98 Å². The van der Waals surface area contributed by atoms with E-state index in [-0.39, 0.29) is 6.42 Å². The number of hydrogen-bond donors (Lipinski definition) is 1. The van der Waals surface area contributed by atoms with Crippen molar-refractivity contribution in [3.05, 3.63) is 54.4 Å². The lowest BCUT2D eigenvalue weighted by Gasteiger charge is -2.32. The monoisotopic (exact) mass is 409 g/mol. The van der Waals surface area contributed by atoms with Crippen LogP contribution < -0.4 is 4.74 Å². The molecule has 0 aliphatic carbocycles. The molecule has 1 aliphatic heterocycles. The van der Waals surface area contributed by atoms with Crippen molar-refractivity contribution in [1.82, 2.24) is 4.98 Å². The molecule has 1 fully saturated rings. The number of rotatable bonds is 6. The fourth-order valence-electron chi connectivity index (χ4n) is 3.40. The topological polar surface area (TPSA) is 91.0 Å². The second-order valence-electron chi connectivity index (χ2n) is 8.47. The Morgan fingerprint density at radius 2 is 1.90 bits per heavy atom. The summed E-state index contributed by atoms with van der Waals surface area (Å²) >= 11 is 0. The molecule has 2 aromatic heterocycles. The van der Waals surface area contributed by atoms with Gasteiger partial charge < -0.3 is 23.6 Å². The Kier molecular flexibility index (Phi) is 5.07. The lowest BCUT2D eigenvalue weighted by Crippen LogP contribution is -2.41. The first-order valence-electron chi connectivity index (χ1n) is 9.84. The number of aromatic nitrogens is 1. The third-order valence-electron chi connectivity index (χ3n) is 5.83. The lowest BCUT2D eigenvalue weighted by atomic mass is 9.68. The van der Waals surface area contributed by atoms with Gasteiger partial charge >= 0.3 is 13.1 Å². The van der Waals surface area contributed by atoms with E-state index >= 15 is 0 Å². The van der Waals surface area contributed by atoms with E-state index in [0.717, 1.165) is 10.9 Å². The maximum absolute atomic E-state index is 12.0. The molecule has 1 saturated heterocycles. The number of hydrogen-bond acceptors (Lipinski definition) is 6. The highest BCUT2D eigenvalue weighted by Crippen LogP contribution is 2.41. The Labute approximate surface area is 175 Å². The number of pyridine rings is 1. The van der Waals surface area contributed by atoms with Crippen molar-refractivity contribution in [2.75, 3.05) is 0 Å². The molecule has 3 heterocycles. The van der Waals surface area contributed by atoms with Crippen molar-refractivity contribution < 1.29 is 28.4 Å². The van der Waals surface area contributed by atoms with Crippen LogP contribution in [-0.4, -0.2) is 34.4 Å². The third kappa shape index (κ3) is 3.80. The molecule has 30 heavy (non-hydrogen) atoms. The minimum atomic E-state index is -0.968. The van der Waals surface area contributed by atoms with Crippen molar-refractivity contribution in [3.8, 4) is 11.6 Å². The zero-order valence-corrected chi connectivity index (χ0v) is 17.4. The van der Waals surface area contributed by atoms with Gasteiger partial charge in [-0.1, -0.05) is 12.1 Å². The number of furan rings is 1. The van der Waals surface area contributed by atoms with E-state index in [1.54, 1.807) is 30.7 Å². The molecule has 0 radical (unpaired) electrons. The summed E-state index contributed by atoms with van der Waals surface area (Å²) in [7, 11) is -0.835. The Bertz CT molecular complexity index is 1060. The van der Waals surface area contributed by atoms with Gasteiger partial charge in [0, 0.05) is 6.20 Å². The first kappa shape index (κ1) is 20.4. The lowest BCUT2D eigenvalue weighted by molar-refractivity contribution is -0.137. The number of carbonyl (C=O) groups is 1. The molecule has 4 rings (SSSR count). The number of fused-ring (bicyclic) bond motifs is 1. The zero-order valence-electron chi connectivity index (χ0n) is 17.4. The Morgan fingerprint density at radius 1 is 1.17 bits per heavy atom. The number of ether oxygens (including phenoxy) is 1. The van der Waals surface area contributed by atoms with Gasteiger partial charge in [-0.15, -0.1) is 0 Å². The Balaban J connectivity index is 1.54. The predicted octanol–water partition coefficient (Wildman–Crippen LogP) is 4.71. The van der Waals surface area contributed by atoms with E-state index in [0.29, 0.717) is 17.2 Å². The first-order chi connectivity index (χ1) is 14.2. The molecule has 3 aromatic rings. The summed E-state index contributed by atoms with van der Waals surface area (Å²) in [5.41, 5.74) is 0.299. The summed E-state index contributed by atoms with van der Waals surface area (Å²) in [6.45, 7) is 7.63. The van der Waals surface area contributed by atoms with Gasteiger partial charge in [-0.3, -0.25) is 4.79 Å². The van der Waals surface area contributed by atoms with Gasteiger partial charge in [0.2, 0.25) is 5.88 Å². The normalized spacial score (nSPS) is 18.5. The first-order valence-corrected chi connectivity index (χ1v) is 9.84. The molecule has 1 aromatic carbocycles. The standard InChI is InChI=1S/C22H24BNO6/c1-21(2)22(3,4)30-23(29-21)17(20(25)26)13-14-6-5-7-15(12-14)28-19-16-9-11-27-18(16)8-10-24-19/h5-12,17H,13H2,1-4H3,(H,25,26). The molecule has 1 unspecified atom stereocenters. The van der Waals surface area contributed by atoms with Crippen LogP contribution in [0.4, 0.5) is 0 Å². The van der Waals surface area contributed by atoms with Gasteiger partial charge in [0.05, 0.1) is 28.7 Å². The molecule has 0 spiro atoms. The van der Waals surface area contributed by atoms with Crippen LogP contribution in [0.3, 0.4) is 0 Å². The second kappa shape index (κ2) is 7.45. The predicted molar refractivity (Wildman–Crippen MR) is 112 cm³/mol. The van der Waals surface area contributed by atoms with Crippen LogP contribution in [0.25, 0.3) is 11.0 Å². The number of carboxylic acid groups (broad SMARTS) is 1. The molecular weight excluding hydrogens is 385 g/mol. The van der Waals surface area contributed by atoms with Crippen LogP contribution in [0.2, 0.25) is 5.82 Å². The summed E-state index contributed by atoms with van der Waals surface area (Å²) < 4.78 is 23.3. The van der Waals surface area contributed by atoms with Gasteiger partial charge in [-0.05, 0) is 63.9 Å². The maximum Gasteiger partial charge on any atom is 0.473 e. The summed E-state index contributed by atoms with van der Waals surface area (Å²) in [6, 6.07) is 10.8. The minimum Gasteiger partial charge on any atom is -0.481 e. The fraction of sp³-hybridized carbons (Fsp3) is 0.364. The van der Waals surface area contributed by atoms with Gasteiger partial charge in [0.1, 0.15) is 11.3 Å². The third-order valence-corrected chi connectivity index (χ3v) is 5.83. The van der Waals surface area contributed by atoms with E-state index in [4.69, 9.17) is 18.5 Å². The Hall–Kier alpha value is -2.84. The van der Waals surface area contributed by atoms with Gasteiger partial charge in [0.25, 0.3) is 0 Å². The van der Waals surface area contributed by atoms with Crippen molar-refractivity contribution in [2.45, 2.75) is 51.1 Å². The number of carboxylic acids is 1. The van der Waals surface area contributed by atoms with E-state index in [9.17, 15) is 9.90 Å². The number of benzene rings is 1. The molecule has 0 amide bonds. The number of aliphatic carboxylic acids is 1. The van der Waals surface area contributed by atoms with Crippen molar-refractivity contribution in [1.29, 1.82) is 0 Å². The molecule has 8 heteroatoms. The van der Waals surface area contributed by atoms with Crippen LogP contribution in [-0.2, 0) is 20.5 Å². The largest absolute Gasteiger partial charge is 0.481 e. The molecule has 156 valence electrons. The summed E-state index contributed by atoms with van der Waals surface area (Å²) in [5, 5.41) is 10.6. The SMILES string of the molecule is CC1(C)OB(C(Cc2cccc(Oc3nccc4occc34)c2)C(=O)O)OC1(C)C. The minimum absolute atomic E-state index is 0.243. The van der Waals surface area contributed by atoms with Gasteiger partial charge in [0.15, 0.2) is 0 Å². The molecule has 0 bridgehead atoms. The average molecular weight is 409 g/mol. The summed E-state index contributed by atoms with van der Waals surface area (Å²) in [4.78, 5) is 16.3. The Morgan fingerprint density at radius 3 is 2.60 bits per heavy atom. The second-order valence-corrected chi connectivity index (χ2v) is 8.47. The highest BCUT2D eigenvalue weighted by atomic mass is 16.7. The van der Waals surface area contributed by atoms with E-state index < -0.39 is 30.1 Å². The molecule has 1 N–H and O–H groups in total. The molecule has 0 saturated carbocycles. The highest BCUT2D eigenvalue weighted by Gasteiger charge is 2.55. The summed E-state index contributed by atoms with van der Waals surface area (Å²) in [6.07, 6.45) is 3.44. The maximum atomic E-state index is 12.0. The highest BCUT2D eigenvalue weighted by molar-refractivity contribution is 6.52. The van der Waals surface area contributed by atoms with Gasteiger partial charge in [-0.2, -0.15) is 0 Å². The van der Waals surface area contributed by atoms with Crippen molar-refractivity contribution in [2.24, 2.45) is 0 Å². The molecule has 1 aliphatic rings. The quantitative estimate of drug-likeness (QED) is 0.590. The van der Waals surface area contributed by atoms with E-state index in [1.165, 1.54) is 0 Å². The van der Waals surface area contributed by atoms with E-state index in [1.807, 2.05) is 45.9 Å². The molecular formula is C22H24BNO6. The zero-order chi connectivity index (χ0) is 21.5. The van der Waals surface area contributed by atoms with Crippen LogP contribution >= 0.6 is 0 Å². The van der Waals surface area contributed by atoms with Crippen LogP contribution in [0.1, 0.15) is 33.3 Å². The fourth-order valence-corrected chi connectivity index (χ4v) is 3.40. The smallest absolute Gasteiger partial charge is 0.473 e. The van der Waals surface area contributed by atoms with Crippen LogP contribution in [0.15, 0.2) is 53.3 Å². The molecule has 1 atom stereocenters. The molecule has 7 nitrogen and oxygen atoms in total. The van der Waals surface area contributed by atoms with Crippen LogP contribution in [0, 0.1) is 0 Å². The van der Waals surface area contributed by atoms with Crippen molar-refractivity contribution >= 4 is 24.1 Å². The summed E-state index contributed by atoms with van der Waals surface area (Å²) in [5.74, 6) is -0.827. The van der Waals surface area contributed by atoms with Crippen molar-refractivity contribution in [3.63, 3.8) is 0 Å².